The van der Waals surface area contributed by atoms with Gasteiger partial charge in [-0.3, -0.25) is 0 Å². The molecule has 98 valence electrons. The number of benzene rings is 2. The van der Waals surface area contributed by atoms with Gasteiger partial charge >= 0.3 is 0 Å². The molecule has 0 bridgehead atoms. The third-order valence-electron chi connectivity index (χ3n) is 2.78. The van der Waals surface area contributed by atoms with Gasteiger partial charge in [-0.05, 0) is 48.6 Å². The second kappa shape index (κ2) is 6.11. The molecule has 20 heavy (non-hydrogen) atoms. The minimum absolute atomic E-state index is 0.789. The summed E-state index contributed by atoms with van der Waals surface area (Å²) in [6, 6.07) is 19.4. The zero-order chi connectivity index (χ0) is 13.6. The molecule has 0 aromatic heterocycles. The van der Waals surface area contributed by atoms with Crippen molar-refractivity contribution in [1.82, 2.24) is 0 Å². The number of ether oxygens (including phenoxy) is 2. The van der Waals surface area contributed by atoms with E-state index in [4.69, 9.17) is 9.47 Å². The van der Waals surface area contributed by atoms with Crippen molar-refractivity contribution in [3.8, 4) is 11.5 Å². The van der Waals surface area contributed by atoms with Crippen LogP contribution in [0.25, 0.3) is 0 Å². The maximum atomic E-state index is 5.73. The Morgan fingerprint density at radius 1 is 0.450 bits per heavy atom. The van der Waals surface area contributed by atoms with Crippen molar-refractivity contribution in [2.24, 2.45) is 0 Å². The Hall–Kier alpha value is -2.48. The molecule has 2 nitrogen and oxygen atoms in total. The summed E-state index contributed by atoms with van der Waals surface area (Å²) in [5.41, 5.74) is 0. The molecule has 1 aliphatic rings. The molecule has 1 aliphatic carbocycles. The number of para-hydroxylation sites is 2. The van der Waals surface area contributed by atoms with Crippen LogP contribution in [0.3, 0.4) is 0 Å². The Morgan fingerprint density at radius 2 is 0.800 bits per heavy atom. The topological polar surface area (TPSA) is 18.5 Å². The van der Waals surface area contributed by atoms with Gasteiger partial charge in [-0.2, -0.15) is 0 Å². The largest absolute Gasteiger partial charge is 0.474 e. The molecule has 0 saturated heterocycles. The van der Waals surface area contributed by atoms with Crippen molar-refractivity contribution < 1.29 is 9.47 Å². The molecule has 0 aliphatic heterocycles. The second-order valence-corrected chi connectivity index (χ2v) is 4.30. The third-order valence-corrected chi connectivity index (χ3v) is 2.78. The molecular formula is C18H14O2. The second-order valence-electron chi connectivity index (χ2n) is 4.30. The van der Waals surface area contributed by atoms with Crippen molar-refractivity contribution in [3.63, 3.8) is 0 Å². The van der Waals surface area contributed by atoms with E-state index in [9.17, 15) is 0 Å². The molecule has 0 heterocycles. The van der Waals surface area contributed by atoms with Crippen LogP contribution in [0, 0.1) is 12.2 Å². The molecule has 0 saturated carbocycles. The van der Waals surface area contributed by atoms with E-state index in [2.05, 4.69) is 0 Å². The Bertz CT molecular complexity index is 520. The van der Waals surface area contributed by atoms with Crippen molar-refractivity contribution in [3.05, 3.63) is 97.2 Å². The molecule has 3 rings (SSSR count). The van der Waals surface area contributed by atoms with Crippen LogP contribution in [0.2, 0.25) is 0 Å². The lowest BCUT2D eigenvalue weighted by atomic mass is 10.1. The lowest BCUT2D eigenvalue weighted by molar-refractivity contribution is 0.364. The predicted molar refractivity (Wildman–Crippen MR) is 78.9 cm³/mol. The number of rotatable bonds is 4. The summed E-state index contributed by atoms with van der Waals surface area (Å²) in [6.07, 6.45) is 9.15. The van der Waals surface area contributed by atoms with Crippen LogP contribution in [-0.4, -0.2) is 0 Å². The standard InChI is InChI=1S/C18H14O2/c1-3-7-15(8-4-1)19-17-11-13-18(14-12-17)20-16-9-5-2-6-10-16/h1-14H. The van der Waals surface area contributed by atoms with Gasteiger partial charge in [-0.15, -0.1) is 0 Å². The van der Waals surface area contributed by atoms with Crippen LogP contribution in [0.1, 0.15) is 0 Å². The van der Waals surface area contributed by atoms with Crippen LogP contribution in [0.5, 0.6) is 11.5 Å². The SMILES string of the molecule is C1=C[C](Oc2ccccc2)C=C[C]1Oc1ccccc1. The first-order valence-corrected chi connectivity index (χ1v) is 6.46. The minimum atomic E-state index is 0.789. The maximum absolute atomic E-state index is 5.73. The first-order valence-electron chi connectivity index (χ1n) is 6.46. The molecule has 0 N–H and O–H groups in total. The fraction of sp³-hybridized carbons (Fsp3) is 0. The molecule has 0 fully saturated rings. The maximum Gasteiger partial charge on any atom is 0.192 e. The van der Waals surface area contributed by atoms with Gasteiger partial charge in [0.1, 0.15) is 11.5 Å². The molecule has 0 spiro atoms. The van der Waals surface area contributed by atoms with E-state index < -0.39 is 0 Å². The van der Waals surface area contributed by atoms with E-state index in [-0.39, 0.29) is 0 Å². The first-order chi connectivity index (χ1) is 9.90. The normalized spacial score (nSPS) is 15.2. The lowest BCUT2D eigenvalue weighted by Crippen LogP contribution is -2.09. The van der Waals surface area contributed by atoms with Gasteiger partial charge in [0.05, 0.1) is 0 Å². The van der Waals surface area contributed by atoms with Crippen LogP contribution >= 0.6 is 0 Å². The Kier molecular flexibility index (Phi) is 3.83. The smallest absolute Gasteiger partial charge is 0.192 e. The first kappa shape index (κ1) is 12.5. The quantitative estimate of drug-likeness (QED) is 0.816. The summed E-state index contributed by atoms with van der Waals surface area (Å²) in [6.45, 7) is 0. The van der Waals surface area contributed by atoms with Gasteiger partial charge in [0, 0.05) is 0 Å². The van der Waals surface area contributed by atoms with Crippen LogP contribution < -0.4 is 9.47 Å². The highest BCUT2D eigenvalue weighted by Crippen LogP contribution is 2.24. The molecule has 2 heteroatoms. The molecule has 2 aromatic rings. The van der Waals surface area contributed by atoms with E-state index >= 15 is 0 Å². The highest BCUT2D eigenvalue weighted by molar-refractivity contribution is 5.38. The molecule has 2 aromatic carbocycles. The highest BCUT2D eigenvalue weighted by Gasteiger charge is 2.14. The third kappa shape index (κ3) is 3.29. The van der Waals surface area contributed by atoms with Crippen LogP contribution in [-0.2, 0) is 0 Å². The predicted octanol–water partition coefficient (Wildman–Crippen LogP) is 4.33. The number of hydrogen-bond donors (Lipinski definition) is 0. The lowest BCUT2D eigenvalue weighted by Gasteiger charge is -2.17. The van der Waals surface area contributed by atoms with E-state index in [0.29, 0.717) is 0 Å². The molecule has 2 radical (unpaired) electrons. The monoisotopic (exact) mass is 262 g/mol. The molecular weight excluding hydrogens is 248 g/mol. The zero-order valence-corrected chi connectivity index (χ0v) is 10.9. The fourth-order valence-electron chi connectivity index (χ4n) is 1.82. The van der Waals surface area contributed by atoms with E-state index in [1.54, 1.807) is 0 Å². The van der Waals surface area contributed by atoms with Crippen molar-refractivity contribution in [2.75, 3.05) is 0 Å². The van der Waals surface area contributed by atoms with E-state index in [1.807, 2.05) is 85.0 Å². The average molecular weight is 262 g/mol. The summed E-state index contributed by atoms with van der Waals surface area (Å²) in [5, 5.41) is 0. The summed E-state index contributed by atoms with van der Waals surface area (Å²) < 4.78 is 11.5. The van der Waals surface area contributed by atoms with Crippen molar-refractivity contribution >= 4 is 0 Å². The Morgan fingerprint density at radius 3 is 1.15 bits per heavy atom. The summed E-state index contributed by atoms with van der Waals surface area (Å²) in [4.78, 5) is 0. The molecule has 0 amide bonds. The summed E-state index contributed by atoms with van der Waals surface area (Å²) in [5.74, 6) is 1.65. The highest BCUT2D eigenvalue weighted by atomic mass is 16.5. The van der Waals surface area contributed by atoms with Gasteiger partial charge in [0.2, 0.25) is 0 Å². The average Bonchev–Trinajstić information content (AvgIpc) is 2.51. The van der Waals surface area contributed by atoms with E-state index in [0.717, 1.165) is 23.7 Å². The minimum Gasteiger partial charge on any atom is -0.474 e. The molecule has 0 unspecified atom stereocenters. The molecule has 0 atom stereocenters. The number of hydrogen-bond acceptors (Lipinski definition) is 2. The van der Waals surface area contributed by atoms with E-state index in [1.165, 1.54) is 0 Å². The Balaban J connectivity index is 1.57. The van der Waals surface area contributed by atoms with Crippen molar-refractivity contribution in [1.29, 1.82) is 0 Å². The van der Waals surface area contributed by atoms with Crippen LogP contribution in [0.15, 0.2) is 85.0 Å². The van der Waals surface area contributed by atoms with Gasteiger partial charge in [0.25, 0.3) is 0 Å². The van der Waals surface area contributed by atoms with Crippen LogP contribution in [0.4, 0.5) is 0 Å². The van der Waals surface area contributed by atoms with Crippen molar-refractivity contribution in [2.45, 2.75) is 0 Å². The Labute approximate surface area is 119 Å². The van der Waals surface area contributed by atoms with Gasteiger partial charge in [0.15, 0.2) is 12.2 Å². The summed E-state index contributed by atoms with van der Waals surface area (Å²) in [7, 11) is 0. The van der Waals surface area contributed by atoms with Gasteiger partial charge in [-0.1, -0.05) is 36.4 Å². The summed E-state index contributed by atoms with van der Waals surface area (Å²) >= 11 is 0. The van der Waals surface area contributed by atoms with Gasteiger partial charge in [-0.25, -0.2) is 0 Å². The zero-order valence-electron chi connectivity index (χ0n) is 10.9. The van der Waals surface area contributed by atoms with Gasteiger partial charge < -0.3 is 9.47 Å². The fourth-order valence-corrected chi connectivity index (χ4v) is 1.82.